The van der Waals surface area contributed by atoms with E-state index in [0.29, 0.717) is 0 Å². The maximum Gasteiger partial charge on any atom is -0.00857 e. The lowest BCUT2D eigenvalue weighted by atomic mass is 9.97. The first-order chi connectivity index (χ1) is 7.92. The van der Waals surface area contributed by atoms with Gasteiger partial charge in [-0.2, -0.15) is 0 Å². The third-order valence-electron chi connectivity index (χ3n) is 2.69. The molecule has 16 heavy (non-hydrogen) atoms. The van der Waals surface area contributed by atoms with Crippen molar-refractivity contribution in [1.82, 2.24) is 0 Å². The van der Waals surface area contributed by atoms with E-state index in [-0.39, 0.29) is 0 Å². The summed E-state index contributed by atoms with van der Waals surface area (Å²) in [5.41, 5.74) is 4.03. The fraction of sp³-hybridized carbons (Fsp3) is 0.125. The van der Waals surface area contributed by atoms with E-state index < -0.39 is 0 Å². The molecule has 80 valence electrons. The highest BCUT2D eigenvalue weighted by Crippen LogP contribution is 2.26. The van der Waals surface area contributed by atoms with Crippen molar-refractivity contribution in [3.63, 3.8) is 0 Å². The minimum absolute atomic E-state index is 0.991. The van der Waals surface area contributed by atoms with Gasteiger partial charge in [0.1, 0.15) is 0 Å². The Morgan fingerprint density at radius 3 is 2.38 bits per heavy atom. The standard InChI is InChI=1S/C16H16/c1-2-3-13-16(15-11-7-8-12-15)14-9-5-4-6-10-14/h2-12H,13H2,1H3. The van der Waals surface area contributed by atoms with Gasteiger partial charge in [-0.3, -0.25) is 0 Å². The molecular formula is C16H16. The molecule has 0 fully saturated rings. The summed E-state index contributed by atoms with van der Waals surface area (Å²) < 4.78 is 0. The zero-order valence-corrected chi connectivity index (χ0v) is 9.56. The second-order valence-corrected chi connectivity index (χ2v) is 3.79. The van der Waals surface area contributed by atoms with Crippen molar-refractivity contribution < 1.29 is 0 Å². The Kier molecular flexibility index (Phi) is 3.55. The van der Waals surface area contributed by atoms with Gasteiger partial charge in [0.2, 0.25) is 0 Å². The highest BCUT2D eigenvalue weighted by molar-refractivity contribution is 5.75. The van der Waals surface area contributed by atoms with Crippen LogP contribution in [-0.4, -0.2) is 0 Å². The minimum atomic E-state index is 0.991. The Bertz CT molecular complexity index is 442. The smallest absolute Gasteiger partial charge is 0.00857 e. The molecule has 0 bridgehead atoms. The van der Waals surface area contributed by atoms with E-state index in [1.54, 1.807) is 0 Å². The molecule has 0 heteroatoms. The highest BCUT2D eigenvalue weighted by atomic mass is 14.1. The molecule has 1 aromatic carbocycles. The van der Waals surface area contributed by atoms with E-state index in [2.05, 4.69) is 73.7 Å². The molecule has 0 aromatic heterocycles. The predicted octanol–water partition coefficient (Wildman–Crippen LogP) is 4.53. The maximum absolute atomic E-state index is 2.20. The molecule has 0 heterocycles. The van der Waals surface area contributed by atoms with Crippen LogP contribution in [0.4, 0.5) is 0 Å². The van der Waals surface area contributed by atoms with E-state index in [0.717, 1.165) is 6.42 Å². The van der Waals surface area contributed by atoms with Crippen molar-refractivity contribution in [1.29, 1.82) is 0 Å². The lowest BCUT2D eigenvalue weighted by Crippen LogP contribution is -1.86. The van der Waals surface area contributed by atoms with Gasteiger partial charge < -0.3 is 0 Å². The summed E-state index contributed by atoms with van der Waals surface area (Å²) in [6.07, 6.45) is 13.8. The largest absolute Gasteiger partial charge is 0.0913 e. The molecule has 0 spiro atoms. The van der Waals surface area contributed by atoms with E-state index >= 15 is 0 Å². The summed E-state index contributed by atoms with van der Waals surface area (Å²) in [7, 11) is 0. The van der Waals surface area contributed by atoms with Crippen LogP contribution in [0.1, 0.15) is 18.9 Å². The van der Waals surface area contributed by atoms with Crippen molar-refractivity contribution in [2.24, 2.45) is 0 Å². The summed E-state index contributed by atoms with van der Waals surface area (Å²) in [5, 5.41) is 0. The first kappa shape index (κ1) is 10.7. The number of hydrogen-bond donors (Lipinski definition) is 0. The van der Waals surface area contributed by atoms with Crippen LogP contribution in [-0.2, 0) is 0 Å². The third-order valence-corrected chi connectivity index (χ3v) is 2.69. The average Bonchev–Trinajstić information content (AvgIpc) is 2.85. The molecule has 0 saturated heterocycles. The van der Waals surface area contributed by atoms with Gasteiger partial charge in [0.25, 0.3) is 0 Å². The van der Waals surface area contributed by atoms with Crippen LogP contribution in [0, 0.1) is 0 Å². The summed E-state index contributed by atoms with van der Waals surface area (Å²) >= 11 is 0. The molecule has 1 aromatic rings. The van der Waals surface area contributed by atoms with Gasteiger partial charge in [0, 0.05) is 0 Å². The SMILES string of the molecule is CC=CCC(=C1C=CC=C1)c1ccccc1. The van der Waals surface area contributed by atoms with Gasteiger partial charge in [-0.1, -0.05) is 66.8 Å². The van der Waals surface area contributed by atoms with Gasteiger partial charge in [0.15, 0.2) is 0 Å². The van der Waals surface area contributed by atoms with Crippen molar-refractivity contribution in [2.45, 2.75) is 13.3 Å². The maximum atomic E-state index is 2.20. The lowest BCUT2D eigenvalue weighted by molar-refractivity contribution is 1.36. The number of allylic oxidation sites excluding steroid dienone is 8. The van der Waals surface area contributed by atoms with Crippen molar-refractivity contribution in [3.8, 4) is 0 Å². The average molecular weight is 208 g/mol. The number of hydrogen-bond acceptors (Lipinski definition) is 0. The first-order valence-corrected chi connectivity index (χ1v) is 5.66. The summed E-state index contributed by atoms with van der Waals surface area (Å²) in [4.78, 5) is 0. The van der Waals surface area contributed by atoms with Crippen LogP contribution in [0.25, 0.3) is 5.57 Å². The molecule has 0 atom stereocenters. The second kappa shape index (κ2) is 5.32. The van der Waals surface area contributed by atoms with Gasteiger partial charge in [-0.15, -0.1) is 0 Å². The van der Waals surface area contributed by atoms with E-state index in [1.165, 1.54) is 16.7 Å². The monoisotopic (exact) mass is 208 g/mol. The Morgan fingerprint density at radius 2 is 1.75 bits per heavy atom. The molecule has 0 amide bonds. The van der Waals surface area contributed by atoms with Crippen molar-refractivity contribution in [3.05, 3.63) is 77.9 Å². The molecule has 0 radical (unpaired) electrons. The van der Waals surface area contributed by atoms with Gasteiger partial charge in [-0.05, 0) is 30.1 Å². The van der Waals surface area contributed by atoms with Crippen LogP contribution >= 0.6 is 0 Å². The van der Waals surface area contributed by atoms with E-state index in [9.17, 15) is 0 Å². The quantitative estimate of drug-likeness (QED) is 0.640. The lowest BCUT2D eigenvalue weighted by Gasteiger charge is -2.07. The molecule has 0 aliphatic heterocycles. The van der Waals surface area contributed by atoms with Crippen LogP contribution in [0.5, 0.6) is 0 Å². The van der Waals surface area contributed by atoms with Gasteiger partial charge in [-0.25, -0.2) is 0 Å². The molecule has 1 aliphatic carbocycles. The Balaban J connectivity index is 2.40. The molecule has 2 rings (SSSR count). The van der Waals surface area contributed by atoms with E-state index in [4.69, 9.17) is 0 Å². The van der Waals surface area contributed by atoms with Crippen LogP contribution < -0.4 is 0 Å². The topological polar surface area (TPSA) is 0 Å². The Labute approximate surface area is 97.3 Å². The van der Waals surface area contributed by atoms with Crippen LogP contribution in [0.3, 0.4) is 0 Å². The molecule has 0 saturated carbocycles. The predicted molar refractivity (Wildman–Crippen MR) is 71.1 cm³/mol. The fourth-order valence-corrected chi connectivity index (χ4v) is 1.85. The first-order valence-electron chi connectivity index (χ1n) is 5.66. The number of benzene rings is 1. The van der Waals surface area contributed by atoms with Crippen molar-refractivity contribution >= 4 is 5.57 Å². The molecule has 0 unspecified atom stereocenters. The Morgan fingerprint density at radius 1 is 1.06 bits per heavy atom. The van der Waals surface area contributed by atoms with Crippen molar-refractivity contribution in [2.75, 3.05) is 0 Å². The fourth-order valence-electron chi connectivity index (χ4n) is 1.85. The molecule has 0 N–H and O–H groups in total. The van der Waals surface area contributed by atoms with E-state index in [1.807, 2.05) is 0 Å². The number of rotatable bonds is 3. The Hall–Kier alpha value is -1.82. The molecule has 1 aliphatic rings. The van der Waals surface area contributed by atoms with Crippen LogP contribution in [0.2, 0.25) is 0 Å². The minimum Gasteiger partial charge on any atom is -0.0913 e. The second-order valence-electron chi connectivity index (χ2n) is 3.79. The molecule has 0 nitrogen and oxygen atoms in total. The normalized spacial score (nSPS) is 13.9. The summed E-state index contributed by atoms with van der Waals surface area (Å²) in [5.74, 6) is 0. The molecular weight excluding hydrogens is 192 g/mol. The zero-order valence-electron chi connectivity index (χ0n) is 9.56. The third kappa shape index (κ3) is 2.40. The van der Waals surface area contributed by atoms with Gasteiger partial charge >= 0.3 is 0 Å². The summed E-state index contributed by atoms with van der Waals surface area (Å²) in [6, 6.07) is 10.6. The van der Waals surface area contributed by atoms with Gasteiger partial charge in [0.05, 0.1) is 0 Å². The summed E-state index contributed by atoms with van der Waals surface area (Å²) in [6.45, 7) is 2.06. The highest BCUT2D eigenvalue weighted by Gasteiger charge is 2.05. The zero-order chi connectivity index (χ0) is 11.2. The van der Waals surface area contributed by atoms with Crippen LogP contribution in [0.15, 0.2) is 72.4 Å².